The van der Waals surface area contributed by atoms with E-state index in [1.807, 2.05) is 65.1 Å². The molecule has 0 aliphatic heterocycles. The number of benzene rings is 1. The Balaban J connectivity index is 2.13. The Labute approximate surface area is 157 Å². The average Bonchev–Trinajstić information content (AvgIpc) is 3.01. The number of anilines is 1. The highest BCUT2D eigenvalue weighted by Gasteiger charge is 2.25. The molecule has 2 N–H and O–H groups in total. The number of para-hydroxylation sites is 1. The lowest BCUT2D eigenvalue weighted by Crippen LogP contribution is -2.19. The Morgan fingerprint density at radius 1 is 1.04 bits per heavy atom. The smallest absolute Gasteiger partial charge is 0.299 e. The van der Waals surface area contributed by atoms with Crippen LogP contribution in [0.2, 0.25) is 0 Å². The minimum Gasteiger partial charge on any atom is -0.382 e. The summed E-state index contributed by atoms with van der Waals surface area (Å²) >= 11 is 0. The Bertz CT molecular complexity index is 1060. The number of nitrogens with two attached hydrogens (primary N) is 1. The van der Waals surface area contributed by atoms with Gasteiger partial charge in [0.05, 0.1) is 17.1 Å². The first kappa shape index (κ1) is 18.6. The van der Waals surface area contributed by atoms with Crippen LogP contribution in [0, 0.1) is 6.92 Å². The van der Waals surface area contributed by atoms with Crippen LogP contribution < -0.4 is 11.3 Å². The molecular weight excluding hydrogens is 342 g/mol. The number of nitrogens with zero attached hydrogens (tertiary/aromatic N) is 6. The second-order valence-electron chi connectivity index (χ2n) is 7.57. The molecule has 1 aromatic carbocycles. The minimum absolute atomic E-state index is 0.232. The summed E-state index contributed by atoms with van der Waals surface area (Å²) in [6, 6.07) is 9.43. The van der Waals surface area contributed by atoms with Crippen molar-refractivity contribution in [3.63, 3.8) is 0 Å². The number of hydrogen-bond acceptors (Lipinski definition) is 5. The molecule has 8 heteroatoms. The summed E-state index contributed by atoms with van der Waals surface area (Å²) in [6.07, 6.45) is 0. The van der Waals surface area contributed by atoms with Crippen LogP contribution in [0.5, 0.6) is 0 Å². The van der Waals surface area contributed by atoms with E-state index in [0.717, 1.165) is 11.4 Å². The molecule has 0 saturated carbocycles. The third-order valence-electron chi connectivity index (χ3n) is 4.55. The van der Waals surface area contributed by atoms with Gasteiger partial charge in [-0.15, -0.1) is 10.2 Å². The zero-order chi connectivity index (χ0) is 19.9. The number of nitrogen functional groups attached to an aromatic ring is 1. The van der Waals surface area contributed by atoms with E-state index in [1.165, 1.54) is 0 Å². The highest BCUT2D eigenvalue weighted by atomic mass is 16.1. The van der Waals surface area contributed by atoms with E-state index in [4.69, 9.17) is 5.73 Å². The van der Waals surface area contributed by atoms with Crippen molar-refractivity contribution in [1.29, 1.82) is 0 Å². The van der Waals surface area contributed by atoms with Gasteiger partial charge in [0.25, 0.3) is 5.56 Å². The van der Waals surface area contributed by atoms with Gasteiger partial charge in [-0.1, -0.05) is 39.0 Å². The summed E-state index contributed by atoms with van der Waals surface area (Å²) in [4.78, 5) is 12.9. The van der Waals surface area contributed by atoms with Crippen molar-refractivity contribution in [3.8, 4) is 5.69 Å². The van der Waals surface area contributed by atoms with Crippen LogP contribution in [0.25, 0.3) is 5.69 Å². The van der Waals surface area contributed by atoms with Crippen LogP contribution in [0.3, 0.4) is 0 Å². The standard InChI is InChI=1S/C19H25N7O/c1-12-14(18(27)26(25(12)6)13-10-8-7-9-11-13)21-22-15-16(19(2,3)4)23-24(5)17(15)20/h7-11H,20H2,1-6H3/b22-21+. The Kier molecular flexibility index (Phi) is 4.51. The summed E-state index contributed by atoms with van der Waals surface area (Å²) in [7, 11) is 3.58. The van der Waals surface area contributed by atoms with Gasteiger partial charge >= 0.3 is 0 Å². The van der Waals surface area contributed by atoms with Gasteiger partial charge in [-0.3, -0.25) is 14.2 Å². The molecule has 0 unspecified atom stereocenters. The molecule has 8 nitrogen and oxygen atoms in total. The fraction of sp³-hybridized carbons (Fsp3) is 0.368. The quantitative estimate of drug-likeness (QED) is 0.718. The lowest BCUT2D eigenvalue weighted by molar-refractivity contribution is 0.554. The number of hydrogen-bond donors (Lipinski definition) is 1. The highest BCUT2D eigenvalue weighted by molar-refractivity contribution is 5.63. The van der Waals surface area contributed by atoms with Crippen LogP contribution in [0.15, 0.2) is 45.4 Å². The molecular formula is C19H25N7O. The normalized spacial score (nSPS) is 12.2. The lowest BCUT2D eigenvalue weighted by atomic mass is 9.91. The van der Waals surface area contributed by atoms with Gasteiger partial charge in [-0.2, -0.15) is 5.10 Å². The summed E-state index contributed by atoms with van der Waals surface area (Å²) in [6.45, 7) is 7.93. The third-order valence-corrected chi connectivity index (χ3v) is 4.55. The van der Waals surface area contributed by atoms with Crippen LogP contribution in [-0.4, -0.2) is 19.1 Å². The van der Waals surface area contributed by atoms with Crippen molar-refractivity contribution < 1.29 is 0 Å². The van der Waals surface area contributed by atoms with Crippen molar-refractivity contribution in [2.45, 2.75) is 33.1 Å². The van der Waals surface area contributed by atoms with Gasteiger partial charge in [0.15, 0.2) is 11.4 Å². The SMILES string of the molecule is Cc1c(/N=N/c2c(C(C)(C)C)nn(C)c2N)c(=O)n(-c2ccccc2)n1C. The van der Waals surface area contributed by atoms with Crippen LogP contribution >= 0.6 is 0 Å². The number of rotatable bonds is 3. The molecule has 0 aliphatic carbocycles. The Morgan fingerprint density at radius 3 is 2.22 bits per heavy atom. The van der Waals surface area contributed by atoms with Crippen LogP contribution in [0.1, 0.15) is 32.2 Å². The monoisotopic (exact) mass is 367 g/mol. The number of aromatic nitrogens is 4. The molecule has 0 spiro atoms. The Hall–Kier alpha value is -3.16. The molecule has 0 fully saturated rings. The summed E-state index contributed by atoms with van der Waals surface area (Å²) in [5.74, 6) is 0.417. The van der Waals surface area contributed by atoms with E-state index in [0.29, 0.717) is 17.2 Å². The van der Waals surface area contributed by atoms with E-state index in [9.17, 15) is 4.79 Å². The maximum absolute atomic E-state index is 12.9. The van der Waals surface area contributed by atoms with E-state index < -0.39 is 0 Å². The highest BCUT2D eigenvalue weighted by Crippen LogP contribution is 2.36. The fourth-order valence-corrected chi connectivity index (χ4v) is 2.90. The topological polar surface area (TPSA) is 95.5 Å². The van der Waals surface area contributed by atoms with Crippen LogP contribution in [0.4, 0.5) is 17.2 Å². The molecule has 2 heterocycles. The first-order valence-electron chi connectivity index (χ1n) is 8.71. The maximum Gasteiger partial charge on any atom is 0.299 e. The molecule has 27 heavy (non-hydrogen) atoms. The molecule has 2 aromatic heterocycles. The average molecular weight is 367 g/mol. The van der Waals surface area contributed by atoms with Gasteiger partial charge in [-0.25, -0.2) is 4.68 Å². The van der Waals surface area contributed by atoms with Gasteiger partial charge in [0, 0.05) is 19.5 Å². The predicted molar refractivity (Wildman–Crippen MR) is 106 cm³/mol. The van der Waals surface area contributed by atoms with Gasteiger partial charge in [0.2, 0.25) is 0 Å². The van der Waals surface area contributed by atoms with Gasteiger partial charge < -0.3 is 5.73 Å². The molecule has 0 amide bonds. The van der Waals surface area contributed by atoms with Crippen molar-refractivity contribution in [2.75, 3.05) is 5.73 Å². The summed E-state index contributed by atoms with van der Waals surface area (Å²) < 4.78 is 4.92. The Morgan fingerprint density at radius 2 is 1.63 bits per heavy atom. The molecule has 3 aromatic rings. The van der Waals surface area contributed by atoms with Crippen LogP contribution in [-0.2, 0) is 19.5 Å². The number of azo groups is 1. The first-order valence-corrected chi connectivity index (χ1v) is 8.71. The summed E-state index contributed by atoms with van der Waals surface area (Å²) in [5.41, 5.74) is 8.65. The zero-order valence-electron chi connectivity index (χ0n) is 16.6. The molecule has 0 radical (unpaired) electrons. The van der Waals surface area contributed by atoms with Gasteiger partial charge in [0.1, 0.15) is 5.82 Å². The van der Waals surface area contributed by atoms with Crippen molar-refractivity contribution in [1.82, 2.24) is 19.1 Å². The van der Waals surface area contributed by atoms with Crippen molar-refractivity contribution in [3.05, 3.63) is 52.1 Å². The fourth-order valence-electron chi connectivity index (χ4n) is 2.90. The minimum atomic E-state index is -0.250. The largest absolute Gasteiger partial charge is 0.382 e. The summed E-state index contributed by atoms with van der Waals surface area (Å²) in [5, 5.41) is 13.0. The van der Waals surface area contributed by atoms with Crippen molar-refractivity contribution in [2.24, 2.45) is 24.3 Å². The zero-order valence-corrected chi connectivity index (χ0v) is 16.6. The first-order chi connectivity index (χ1) is 12.6. The van der Waals surface area contributed by atoms with Crippen molar-refractivity contribution >= 4 is 17.2 Å². The molecule has 3 rings (SSSR count). The second kappa shape index (κ2) is 6.53. The maximum atomic E-state index is 12.9. The second-order valence-corrected chi connectivity index (χ2v) is 7.57. The van der Waals surface area contributed by atoms with E-state index in [2.05, 4.69) is 15.3 Å². The van der Waals surface area contributed by atoms with E-state index >= 15 is 0 Å². The molecule has 0 saturated heterocycles. The van der Waals surface area contributed by atoms with E-state index in [-0.39, 0.29) is 16.7 Å². The third kappa shape index (κ3) is 3.18. The predicted octanol–water partition coefficient (Wildman–Crippen LogP) is 3.51. The van der Waals surface area contributed by atoms with Gasteiger partial charge in [-0.05, 0) is 19.1 Å². The number of aryl methyl sites for hydroxylation is 1. The molecule has 142 valence electrons. The molecule has 0 atom stereocenters. The van der Waals surface area contributed by atoms with E-state index in [1.54, 1.807) is 21.1 Å². The molecule has 0 aliphatic rings. The lowest BCUT2D eigenvalue weighted by Gasteiger charge is -2.15. The molecule has 0 bridgehead atoms.